The first-order valence-electron chi connectivity index (χ1n) is 6.69. The molecule has 0 aromatic heterocycles. The van der Waals surface area contributed by atoms with Crippen LogP contribution in [0.25, 0.3) is 0 Å². The van der Waals surface area contributed by atoms with Gasteiger partial charge in [0.05, 0.1) is 5.75 Å². The topological polar surface area (TPSA) is 58.2 Å². The Bertz CT molecular complexity index is 318. The van der Waals surface area contributed by atoms with Crippen LogP contribution in [-0.2, 0) is 10.0 Å². The van der Waals surface area contributed by atoms with Crippen LogP contribution in [0.15, 0.2) is 0 Å². The third-order valence-corrected chi connectivity index (χ3v) is 5.30. The molecule has 18 heavy (non-hydrogen) atoms. The van der Waals surface area contributed by atoms with Gasteiger partial charge in [0, 0.05) is 6.04 Å². The van der Waals surface area contributed by atoms with Crippen molar-refractivity contribution in [2.75, 3.05) is 18.8 Å². The van der Waals surface area contributed by atoms with E-state index in [2.05, 4.69) is 30.8 Å². The highest BCUT2D eigenvalue weighted by molar-refractivity contribution is 7.89. The van der Waals surface area contributed by atoms with E-state index < -0.39 is 10.0 Å². The van der Waals surface area contributed by atoms with Gasteiger partial charge in [0.2, 0.25) is 10.0 Å². The van der Waals surface area contributed by atoms with Crippen LogP contribution in [0.5, 0.6) is 0 Å². The van der Waals surface area contributed by atoms with Gasteiger partial charge >= 0.3 is 0 Å². The first-order chi connectivity index (χ1) is 7.98. The second-order valence-electron chi connectivity index (χ2n) is 5.16. The minimum atomic E-state index is -3.12. The summed E-state index contributed by atoms with van der Waals surface area (Å²) >= 11 is 0. The molecule has 2 N–H and O–H groups in total. The fourth-order valence-electron chi connectivity index (χ4n) is 2.30. The number of rotatable bonds is 6. The van der Waals surface area contributed by atoms with Gasteiger partial charge in [-0.1, -0.05) is 33.6 Å². The summed E-state index contributed by atoms with van der Waals surface area (Å²) in [5, 5.41) is 3.28. The summed E-state index contributed by atoms with van der Waals surface area (Å²) in [6.45, 7) is 8.00. The number of hydrogen-bond donors (Lipinski definition) is 2. The maximum Gasteiger partial charge on any atom is 0.212 e. The number of nitrogens with one attached hydrogen (secondary N) is 2. The van der Waals surface area contributed by atoms with E-state index >= 15 is 0 Å². The van der Waals surface area contributed by atoms with E-state index in [1.807, 2.05) is 0 Å². The Morgan fingerprint density at radius 1 is 1.33 bits per heavy atom. The van der Waals surface area contributed by atoms with Crippen LogP contribution >= 0.6 is 12.4 Å². The molecule has 1 aliphatic heterocycles. The van der Waals surface area contributed by atoms with Gasteiger partial charge in [0.25, 0.3) is 0 Å². The molecule has 4 nitrogen and oxygen atoms in total. The quantitative estimate of drug-likeness (QED) is 0.785. The fraction of sp³-hybridized carbons (Fsp3) is 1.00. The maximum atomic E-state index is 12.0. The van der Waals surface area contributed by atoms with E-state index in [0.717, 1.165) is 32.4 Å². The van der Waals surface area contributed by atoms with Crippen molar-refractivity contribution < 1.29 is 8.42 Å². The van der Waals surface area contributed by atoms with Crippen LogP contribution in [0.3, 0.4) is 0 Å². The van der Waals surface area contributed by atoms with Crippen LogP contribution in [0.2, 0.25) is 0 Å². The van der Waals surface area contributed by atoms with Crippen molar-refractivity contribution in [3.05, 3.63) is 0 Å². The highest BCUT2D eigenvalue weighted by atomic mass is 35.5. The molecule has 110 valence electrons. The summed E-state index contributed by atoms with van der Waals surface area (Å²) in [6.07, 6.45) is 2.75. The van der Waals surface area contributed by atoms with E-state index in [9.17, 15) is 8.42 Å². The van der Waals surface area contributed by atoms with Crippen molar-refractivity contribution >= 4 is 22.4 Å². The summed E-state index contributed by atoms with van der Waals surface area (Å²) < 4.78 is 27.0. The van der Waals surface area contributed by atoms with Crippen molar-refractivity contribution in [3.8, 4) is 0 Å². The van der Waals surface area contributed by atoms with Gasteiger partial charge in [-0.2, -0.15) is 0 Å². The summed E-state index contributed by atoms with van der Waals surface area (Å²) in [6, 6.07) is 0.107. The zero-order chi connectivity index (χ0) is 12.9. The minimum absolute atomic E-state index is 0. The molecule has 0 spiro atoms. The molecule has 0 aliphatic carbocycles. The standard InChI is InChI=1S/C12H26N2O2S.ClH/c1-4-11(5-2)9-17(15,16)14-12-6-7-13-8-10(12)3;/h10-14H,4-9H2,1-3H3;1H. The second-order valence-corrected chi connectivity index (χ2v) is 6.96. The third-order valence-electron chi connectivity index (χ3n) is 3.73. The zero-order valence-corrected chi connectivity index (χ0v) is 13.2. The summed E-state index contributed by atoms with van der Waals surface area (Å²) in [5.41, 5.74) is 0. The smallest absolute Gasteiger partial charge is 0.212 e. The number of sulfonamides is 1. The van der Waals surface area contributed by atoms with E-state index in [1.165, 1.54) is 0 Å². The Kier molecular flexibility index (Phi) is 8.43. The van der Waals surface area contributed by atoms with Crippen LogP contribution in [0.4, 0.5) is 0 Å². The van der Waals surface area contributed by atoms with Gasteiger partial charge in [-0.05, 0) is 31.3 Å². The third kappa shape index (κ3) is 5.87. The molecular weight excluding hydrogens is 272 g/mol. The number of halogens is 1. The highest BCUT2D eigenvalue weighted by Crippen LogP contribution is 2.14. The van der Waals surface area contributed by atoms with Crippen LogP contribution < -0.4 is 10.0 Å². The van der Waals surface area contributed by atoms with Gasteiger partial charge in [-0.15, -0.1) is 12.4 Å². The lowest BCUT2D eigenvalue weighted by atomic mass is 9.97. The molecule has 0 radical (unpaired) electrons. The van der Waals surface area contributed by atoms with Gasteiger partial charge < -0.3 is 5.32 Å². The number of piperidine rings is 1. The van der Waals surface area contributed by atoms with Crippen molar-refractivity contribution in [2.24, 2.45) is 11.8 Å². The molecule has 1 fully saturated rings. The van der Waals surface area contributed by atoms with E-state index in [-0.39, 0.29) is 30.1 Å². The Hall–Kier alpha value is 0.160. The molecule has 0 bridgehead atoms. The molecule has 0 amide bonds. The Morgan fingerprint density at radius 2 is 1.94 bits per heavy atom. The van der Waals surface area contributed by atoms with E-state index in [0.29, 0.717) is 5.92 Å². The minimum Gasteiger partial charge on any atom is -0.316 e. The normalized spacial score (nSPS) is 24.9. The molecule has 1 aliphatic rings. The van der Waals surface area contributed by atoms with Crippen molar-refractivity contribution in [3.63, 3.8) is 0 Å². The Balaban J connectivity index is 0.00000289. The predicted octanol–water partition coefficient (Wildman–Crippen LogP) is 1.76. The van der Waals surface area contributed by atoms with Crippen molar-refractivity contribution in [1.82, 2.24) is 10.0 Å². The maximum absolute atomic E-state index is 12.0. The molecule has 6 heteroatoms. The molecule has 2 unspecified atom stereocenters. The summed E-state index contributed by atoms with van der Waals surface area (Å²) in [4.78, 5) is 0. The molecule has 2 atom stereocenters. The predicted molar refractivity (Wildman–Crippen MR) is 78.7 cm³/mol. The molecule has 1 heterocycles. The summed E-state index contributed by atoms with van der Waals surface area (Å²) in [7, 11) is -3.12. The van der Waals surface area contributed by atoms with Crippen LogP contribution in [0.1, 0.15) is 40.0 Å². The molecule has 0 saturated carbocycles. The SMILES string of the molecule is CCC(CC)CS(=O)(=O)NC1CCNCC1C.Cl. The van der Waals surface area contributed by atoms with Crippen LogP contribution in [0, 0.1) is 11.8 Å². The first-order valence-corrected chi connectivity index (χ1v) is 8.34. The van der Waals surface area contributed by atoms with E-state index in [4.69, 9.17) is 0 Å². The number of hydrogen-bond acceptors (Lipinski definition) is 3. The van der Waals surface area contributed by atoms with Gasteiger partial charge in [0.1, 0.15) is 0 Å². The second kappa shape index (κ2) is 8.35. The monoisotopic (exact) mass is 298 g/mol. The lowest BCUT2D eigenvalue weighted by molar-refractivity contribution is 0.327. The Morgan fingerprint density at radius 3 is 2.44 bits per heavy atom. The molecule has 0 aromatic rings. The molecule has 1 rings (SSSR count). The van der Waals surface area contributed by atoms with Crippen molar-refractivity contribution in [2.45, 2.75) is 46.1 Å². The van der Waals surface area contributed by atoms with Gasteiger partial charge in [-0.3, -0.25) is 0 Å². The lowest BCUT2D eigenvalue weighted by Crippen LogP contribution is -2.49. The largest absolute Gasteiger partial charge is 0.316 e. The van der Waals surface area contributed by atoms with E-state index in [1.54, 1.807) is 0 Å². The van der Waals surface area contributed by atoms with Gasteiger partial charge in [0.15, 0.2) is 0 Å². The average molecular weight is 299 g/mol. The van der Waals surface area contributed by atoms with Crippen molar-refractivity contribution in [1.29, 1.82) is 0 Å². The Labute approximate surface area is 118 Å². The molecule has 0 aromatic carbocycles. The fourth-order valence-corrected chi connectivity index (χ4v) is 4.30. The highest BCUT2D eigenvalue weighted by Gasteiger charge is 2.26. The summed E-state index contributed by atoms with van der Waals surface area (Å²) in [5.74, 6) is 0.932. The van der Waals surface area contributed by atoms with Gasteiger partial charge in [-0.25, -0.2) is 13.1 Å². The molecule has 1 saturated heterocycles. The first kappa shape index (κ1) is 18.2. The zero-order valence-electron chi connectivity index (χ0n) is 11.6. The molecular formula is C12H27ClN2O2S. The lowest BCUT2D eigenvalue weighted by Gasteiger charge is -2.30. The van der Waals surface area contributed by atoms with Crippen LogP contribution in [-0.4, -0.2) is 33.3 Å². The average Bonchev–Trinajstić information content (AvgIpc) is 2.29.